The SMILES string of the molecule is C=C(C)[C@H]1C[C@@H](O)C(C)=C[C@H]1OC(=O)/C=C/CC. The van der Waals surface area contributed by atoms with Crippen molar-refractivity contribution in [2.24, 2.45) is 5.92 Å². The van der Waals surface area contributed by atoms with Crippen LogP contribution in [0.3, 0.4) is 0 Å². The molecule has 0 saturated carbocycles. The van der Waals surface area contributed by atoms with Crippen LogP contribution in [-0.2, 0) is 9.53 Å². The first-order valence-electron chi connectivity index (χ1n) is 6.34. The first kappa shape index (κ1) is 14.7. The van der Waals surface area contributed by atoms with E-state index in [0.29, 0.717) is 6.42 Å². The fourth-order valence-corrected chi connectivity index (χ4v) is 2.03. The van der Waals surface area contributed by atoms with E-state index in [-0.39, 0.29) is 18.0 Å². The van der Waals surface area contributed by atoms with Crippen LogP contribution in [0.5, 0.6) is 0 Å². The monoisotopic (exact) mass is 250 g/mol. The summed E-state index contributed by atoms with van der Waals surface area (Å²) in [6, 6.07) is 0. The number of aliphatic hydroxyl groups is 1. The second-order valence-corrected chi connectivity index (χ2v) is 4.83. The number of esters is 1. The van der Waals surface area contributed by atoms with Crippen LogP contribution >= 0.6 is 0 Å². The van der Waals surface area contributed by atoms with Crippen molar-refractivity contribution in [3.63, 3.8) is 0 Å². The third-order valence-electron chi connectivity index (χ3n) is 3.20. The number of carbonyl (C=O) groups is 1. The predicted molar refractivity (Wildman–Crippen MR) is 72.0 cm³/mol. The van der Waals surface area contributed by atoms with Gasteiger partial charge in [0.05, 0.1) is 6.10 Å². The molecule has 3 nitrogen and oxygen atoms in total. The lowest BCUT2D eigenvalue weighted by molar-refractivity contribution is -0.143. The predicted octanol–water partition coefficient (Wildman–Crippen LogP) is 2.77. The smallest absolute Gasteiger partial charge is 0.331 e. The summed E-state index contributed by atoms with van der Waals surface area (Å²) in [5, 5.41) is 9.83. The molecule has 1 N–H and O–H groups in total. The van der Waals surface area contributed by atoms with Crippen molar-refractivity contribution in [2.75, 3.05) is 0 Å². The molecule has 0 aromatic carbocycles. The first-order chi connectivity index (χ1) is 8.45. The average molecular weight is 250 g/mol. The van der Waals surface area contributed by atoms with Gasteiger partial charge in [-0.1, -0.05) is 25.2 Å². The Morgan fingerprint density at radius 2 is 2.33 bits per heavy atom. The van der Waals surface area contributed by atoms with Crippen LogP contribution in [0.15, 0.2) is 36.0 Å². The van der Waals surface area contributed by atoms with Crippen LogP contribution in [0, 0.1) is 5.92 Å². The van der Waals surface area contributed by atoms with Crippen molar-refractivity contribution < 1.29 is 14.6 Å². The maximum Gasteiger partial charge on any atom is 0.331 e. The van der Waals surface area contributed by atoms with Crippen molar-refractivity contribution in [1.29, 1.82) is 0 Å². The summed E-state index contributed by atoms with van der Waals surface area (Å²) < 4.78 is 5.41. The number of rotatable bonds is 4. The summed E-state index contributed by atoms with van der Waals surface area (Å²) in [7, 11) is 0. The summed E-state index contributed by atoms with van der Waals surface area (Å²) in [5.74, 6) is -0.351. The molecule has 0 fully saturated rings. The topological polar surface area (TPSA) is 46.5 Å². The number of carbonyl (C=O) groups excluding carboxylic acids is 1. The average Bonchev–Trinajstić information content (AvgIpc) is 2.30. The van der Waals surface area contributed by atoms with Crippen LogP contribution in [0.2, 0.25) is 0 Å². The molecule has 0 aliphatic heterocycles. The van der Waals surface area contributed by atoms with Crippen LogP contribution in [0.4, 0.5) is 0 Å². The molecule has 100 valence electrons. The fourth-order valence-electron chi connectivity index (χ4n) is 2.03. The zero-order valence-electron chi connectivity index (χ0n) is 11.3. The minimum atomic E-state index is -0.465. The van der Waals surface area contributed by atoms with Gasteiger partial charge in [-0.2, -0.15) is 0 Å². The Balaban J connectivity index is 2.79. The molecular formula is C15H22O3. The highest BCUT2D eigenvalue weighted by atomic mass is 16.5. The molecule has 0 bridgehead atoms. The van der Waals surface area contributed by atoms with Gasteiger partial charge in [0.1, 0.15) is 6.10 Å². The standard InChI is InChI=1S/C15H22O3/c1-5-6-7-15(17)18-14-8-11(4)13(16)9-12(14)10(2)3/h6-8,12-14,16H,2,5,9H2,1,3-4H3/b7-6+/t12-,13-,14-/m1/s1. The van der Waals surface area contributed by atoms with Crippen molar-refractivity contribution in [2.45, 2.75) is 45.8 Å². The minimum Gasteiger partial charge on any atom is -0.454 e. The Morgan fingerprint density at radius 1 is 1.67 bits per heavy atom. The number of hydrogen-bond acceptors (Lipinski definition) is 3. The van der Waals surface area contributed by atoms with E-state index in [2.05, 4.69) is 6.58 Å². The van der Waals surface area contributed by atoms with E-state index in [1.807, 2.05) is 26.8 Å². The molecule has 0 radical (unpaired) electrons. The summed E-state index contributed by atoms with van der Waals surface area (Å²) in [6.45, 7) is 9.61. The van der Waals surface area contributed by atoms with E-state index < -0.39 is 6.10 Å². The van der Waals surface area contributed by atoms with Crippen molar-refractivity contribution in [3.05, 3.63) is 36.0 Å². The maximum atomic E-state index is 11.6. The molecule has 0 spiro atoms. The van der Waals surface area contributed by atoms with E-state index in [1.54, 1.807) is 6.08 Å². The second-order valence-electron chi connectivity index (χ2n) is 4.83. The number of hydrogen-bond donors (Lipinski definition) is 1. The van der Waals surface area contributed by atoms with Crippen LogP contribution in [-0.4, -0.2) is 23.3 Å². The molecule has 1 rings (SSSR count). The number of ether oxygens (including phenoxy) is 1. The summed E-state index contributed by atoms with van der Waals surface area (Å²) in [4.78, 5) is 11.6. The largest absolute Gasteiger partial charge is 0.454 e. The zero-order chi connectivity index (χ0) is 13.7. The molecule has 3 heteroatoms. The maximum absolute atomic E-state index is 11.6. The fraction of sp³-hybridized carbons (Fsp3) is 0.533. The van der Waals surface area contributed by atoms with E-state index in [4.69, 9.17) is 4.74 Å². The zero-order valence-corrected chi connectivity index (χ0v) is 11.3. The Kier molecular flexibility index (Phi) is 5.35. The Labute approximate surface area is 109 Å². The third kappa shape index (κ3) is 3.84. The van der Waals surface area contributed by atoms with E-state index in [9.17, 15) is 9.90 Å². The highest BCUT2D eigenvalue weighted by Crippen LogP contribution is 2.30. The van der Waals surface area contributed by atoms with Gasteiger partial charge in [-0.3, -0.25) is 0 Å². The highest BCUT2D eigenvalue weighted by Gasteiger charge is 2.31. The molecule has 1 aliphatic rings. The number of allylic oxidation sites excluding steroid dienone is 1. The van der Waals surface area contributed by atoms with E-state index >= 15 is 0 Å². The highest BCUT2D eigenvalue weighted by molar-refractivity contribution is 5.82. The lowest BCUT2D eigenvalue weighted by Gasteiger charge is -2.32. The Morgan fingerprint density at radius 3 is 2.89 bits per heavy atom. The molecular weight excluding hydrogens is 228 g/mol. The number of aliphatic hydroxyl groups excluding tert-OH is 1. The Hall–Kier alpha value is -1.35. The molecule has 18 heavy (non-hydrogen) atoms. The van der Waals surface area contributed by atoms with Crippen LogP contribution < -0.4 is 0 Å². The molecule has 0 unspecified atom stereocenters. The molecule has 0 amide bonds. The molecule has 0 heterocycles. The van der Waals surface area contributed by atoms with Gasteiger partial charge in [0.25, 0.3) is 0 Å². The lowest BCUT2D eigenvalue weighted by Crippen LogP contribution is -2.33. The van der Waals surface area contributed by atoms with Gasteiger partial charge in [0.2, 0.25) is 0 Å². The quantitative estimate of drug-likeness (QED) is 0.474. The third-order valence-corrected chi connectivity index (χ3v) is 3.20. The normalized spacial score (nSPS) is 28.0. The van der Waals surface area contributed by atoms with Gasteiger partial charge in [-0.15, -0.1) is 0 Å². The summed E-state index contributed by atoms with van der Waals surface area (Å²) >= 11 is 0. The van der Waals surface area contributed by atoms with Crippen molar-refractivity contribution >= 4 is 5.97 Å². The van der Waals surface area contributed by atoms with E-state index in [1.165, 1.54) is 6.08 Å². The van der Waals surface area contributed by atoms with E-state index in [0.717, 1.165) is 17.6 Å². The van der Waals surface area contributed by atoms with Gasteiger partial charge >= 0.3 is 5.97 Å². The summed E-state index contributed by atoms with van der Waals surface area (Å²) in [6.07, 6.45) is 5.62. The molecule has 3 atom stereocenters. The van der Waals surface area contributed by atoms with Crippen molar-refractivity contribution in [1.82, 2.24) is 0 Å². The Bertz CT molecular complexity index is 379. The second kappa shape index (κ2) is 6.55. The lowest BCUT2D eigenvalue weighted by atomic mass is 9.82. The van der Waals surface area contributed by atoms with Gasteiger partial charge < -0.3 is 9.84 Å². The van der Waals surface area contributed by atoms with Crippen molar-refractivity contribution in [3.8, 4) is 0 Å². The molecule has 1 aliphatic carbocycles. The molecule has 0 aromatic heterocycles. The van der Waals surface area contributed by atoms with Gasteiger partial charge in [-0.25, -0.2) is 4.79 Å². The van der Waals surface area contributed by atoms with Crippen LogP contribution in [0.25, 0.3) is 0 Å². The molecule has 0 aromatic rings. The first-order valence-corrected chi connectivity index (χ1v) is 6.34. The van der Waals surface area contributed by atoms with Crippen LogP contribution in [0.1, 0.15) is 33.6 Å². The minimum absolute atomic E-state index is 0.0114. The van der Waals surface area contributed by atoms with Gasteiger partial charge in [0, 0.05) is 12.0 Å². The summed E-state index contributed by atoms with van der Waals surface area (Å²) in [5.41, 5.74) is 1.78. The molecule has 0 saturated heterocycles. The van der Waals surface area contributed by atoms with Gasteiger partial charge in [-0.05, 0) is 38.3 Å². The van der Waals surface area contributed by atoms with Gasteiger partial charge in [0.15, 0.2) is 0 Å².